The van der Waals surface area contributed by atoms with E-state index in [4.69, 9.17) is 9.97 Å². The highest BCUT2D eigenvalue weighted by Crippen LogP contribution is 2.39. The molecule has 0 radical (unpaired) electrons. The quantitative estimate of drug-likeness (QED) is 0.206. The maximum atomic E-state index is 5.36. The summed E-state index contributed by atoms with van der Waals surface area (Å²) in [5, 5.41) is 7.22. The standard InChI is InChI=1S/C42H26N4/c1-2-14-30(15-3-1)45-37-20-10-6-16-31(37)33-25-29(22-23-39(33)45)41-42(44-36-19-9-8-18-35(36)43-41)46-38-21-11-7-17-32(38)34-24-27-12-4-5-13-28(27)26-40(34)46/h1-26H. The van der Waals surface area contributed by atoms with E-state index in [1.54, 1.807) is 0 Å². The van der Waals surface area contributed by atoms with E-state index in [1.165, 1.54) is 37.8 Å². The van der Waals surface area contributed by atoms with Crippen LogP contribution in [-0.4, -0.2) is 19.1 Å². The van der Waals surface area contributed by atoms with Gasteiger partial charge in [-0.2, -0.15) is 0 Å². The molecule has 0 fully saturated rings. The van der Waals surface area contributed by atoms with Crippen molar-refractivity contribution in [3.05, 3.63) is 158 Å². The fourth-order valence-corrected chi connectivity index (χ4v) is 7.20. The van der Waals surface area contributed by atoms with Crippen LogP contribution < -0.4 is 0 Å². The zero-order valence-corrected chi connectivity index (χ0v) is 24.8. The second-order valence-corrected chi connectivity index (χ2v) is 11.9. The molecule has 214 valence electrons. The SMILES string of the molecule is c1ccc(-n2c3ccccc3c3cc(-c4nc5ccccc5nc4-n4c5ccccc5c5cc6ccccc6cc54)ccc32)cc1. The lowest BCUT2D eigenvalue weighted by Crippen LogP contribution is -2.03. The summed E-state index contributed by atoms with van der Waals surface area (Å²) in [6, 6.07) is 55.9. The highest BCUT2D eigenvalue weighted by atomic mass is 15.1. The van der Waals surface area contributed by atoms with E-state index in [0.29, 0.717) is 0 Å². The van der Waals surface area contributed by atoms with Crippen LogP contribution in [0.1, 0.15) is 0 Å². The maximum Gasteiger partial charge on any atom is 0.165 e. The molecule has 7 aromatic carbocycles. The highest BCUT2D eigenvalue weighted by molar-refractivity contribution is 6.14. The number of hydrogen-bond acceptors (Lipinski definition) is 2. The molecule has 0 aliphatic carbocycles. The molecule has 3 heterocycles. The topological polar surface area (TPSA) is 35.6 Å². The summed E-state index contributed by atoms with van der Waals surface area (Å²) in [4.78, 5) is 10.7. The van der Waals surface area contributed by atoms with Crippen molar-refractivity contribution < 1.29 is 0 Å². The van der Waals surface area contributed by atoms with Crippen LogP contribution in [-0.2, 0) is 0 Å². The predicted molar refractivity (Wildman–Crippen MR) is 191 cm³/mol. The summed E-state index contributed by atoms with van der Waals surface area (Å²) in [6.45, 7) is 0. The van der Waals surface area contributed by atoms with Crippen molar-refractivity contribution in [3.63, 3.8) is 0 Å². The molecule has 4 heteroatoms. The first-order chi connectivity index (χ1) is 22.8. The minimum absolute atomic E-state index is 0.825. The van der Waals surface area contributed by atoms with Gasteiger partial charge in [0.2, 0.25) is 0 Å². The highest BCUT2D eigenvalue weighted by Gasteiger charge is 2.21. The van der Waals surface area contributed by atoms with E-state index in [2.05, 4.69) is 155 Å². The minimum atomic E-state index is 0.825. The number of nitrogens with zero attached hydrogens (tertiary/aromatic N) is 4. The van der Waals surface area contributed by atoms with Gasteiger partial charge >= 0.3 is 0 Å². The van der Waals surface area contributed by atoms with Crippen LogP contribution in [0, 0.1) is 0 Å². The molecule has 0 atom stereocenters. The van der Waals surface area contributed by atoms with Crippen molar-refractivity contribution in [2.75, 3.05) is 0 Å². The lowest BCUT2D eigenvalue weighted by molar-refractivity contribution is 1.08. The zero-order valence-electron chi connectivity index (χ0n) is 24.8. The van der Waals surface area contributed by atoms with Crippen LogP contribution in [0.2, 0.25) is 0 Å². The number of rotatable bonds is 3. The van der Waals surface area contributed by atoms with Gasteiger partial charge in [0, 0.05) is 32.8 Å². The van der Waals surface area contributed by atoms with Crippen LogP contribution in [0.15, 0.2) is 158 Å². The molecule has 3 aromatic heterocycles. The molecule has 46 heavy (non-hydrogen) atoms. The predicted octanol–water partition coefficient (Wildman–Crippen LogP) is 10.6. The summed E-state index contributed by atoms with van der Waals surface area (Å²) in [6.07, 6.45) is 0. The summed E-state index contributed by atoms with van der Waals surface area (Å²) in [5.74, 6) is 0.825. The van der Waals surface area contributed by atoms with Gasteiger partial charge in [0.15, 0.2) is 5.82 Å². The average molecular weight is 587 g/mol. The van der Waals surface area contributed by atoms with Crippen molar-refractivity contribution in [1.82, 2.24) is 19.1 Å². The largest absolute Gasteiger partial charge is 0.309 e. The van der Waals surface area contributed by atoms with Crippen LogP contribution in [0.4, 0.5) is 0 Å². The molecule has 0 aliphatic heterocycles. The lowest BCUT2D eigenvalue weighted by Gasteiger charge is -2.14. The van der Waals surface area contributed by atoms with Gasteiger partial charge in [0.25, 0.3) is 0 Å². The molecular weight excluding hydrogens is 560 g/mol. The van der Waals surface area contributed by atoms with Gasteiger partial charge in [0.1, 0.15) is 5.69 Å². The second-order valence-electron chi connectivity index (χ2n) is 11.9. The van der Waals surface area contributed by atoms with Crippen LogP contribution in [0.5, 0.6) is 0 Å². The summed E-state index contributed by atoms with van der Waals surface area (Å²) in [7, 11) is 0. The van der Waals surface area contributed by atoms with E-state index in [0.717, 1.165) is 50.3 Å². The number of benzene rings is 7. The van der Waals surface area contributed by atoms with Crippen LogP contribution in [0.3, 0.4) is 0 Å². The Morgan fingerprint density at radius 3 is 1.70 bits per heavy atom. The van der Waals surface area contributed by atoms with Gasteiger partial charge in [-0.1, -0.05) is 97.1 Å². The number of fused-ring (bicyclic) bond motifs is 8. The van der Waals surface area contributed by atoms with Gasteiger partial charge in [-0.3, -0.25) is 4.57 Å². The number of para-hydroxylation sites is 5. The molecule has 0 unspecified atom stereocenters. The third-order valence-electron chi connectivity index (χ3n) is 9.26. The monoisotopic (exact) mass is 586 g/mol. The Kier molecular flexibility index (Phi) is 5.25. The Morgan fingerprint density at radius 2 is 0.935 bits per heavy atom. The molecule has 10 aromatic rings. The summed E-state index contributed by atoms with van der Waals surface area (Å²) in [5.41, 5.74) is 9.35. The van der Waals surface area contributed by atoms with E-state index in [1.807, 2.05) is 12.1 Å². The molecule has 0 bridgehead atoms. The van der Waals surface area contributed by atoms with Crippen molar-refractivity contribution in [2.45, 2.75) is 0 Å². The van der Waals surface area contributed by atoms with Crippen molar-refractivity contribution >= 4 is 65.4 Å². The van der Waals surface area contributed by atoms with Gasteiger partial charge in [-0.25, -0.2) is 9.97 Å². The molecule has 0 N–H and O–H groups in total. The Hall–Kier alpha value is -6.26. The molecule has 10 rings (SSSR count). The molecule has 0 amide bonds. The van der Waals surface area contributed by atoms with Crippen LogP contribution >= 0.6 is 0 Å². The number of hydrogen-bond donors (Lipinski definition) is 0. The Morgan fingerprint density at radius 1 is 0.370 bits per heavy atom. The third kappa shape index (κ3) is 3.61. The molecule has 0 saturated heterocycles. The van der Waals surface area contributed by atoms with Crippen molar-refractivity contribution in [2.24, 2.45) is 0 Å². The smallest absolute Gasteiger partial charge is 0.165 e. The normalized spacial score (nSPS) is 11.9. The van der Waals surface area contributed by atoms with Gasteiger partial charge in [0.05, 0.1) is 33.1 Å². The maximum absolute atomic E-state index is 5.36. The fourth-order valence-electron chi connectivity index (χ4n) is 7.20. The summed E-state index contributed by atoms with van der Waals surface area (Å²) < 4.78 is 4.66. The number of aromatic nitrogens is 4. The first-order valence-corrected chi connectivity index (χ1v) is 15.6. The van der Waals surface area contributed by atoms with Gasteiger partial charge in [-0.05, 0) is 71.4 Å². The first kappa shape index (κ1) is 25.1. The van der Waals surface area contributed by atoms with Gasteiger partial charge < -0.3 is 4.57 Å². The Balaban J connectivity index is 1.31. The summed E-state index contributed by atoms with van der Waals surface area (Å²) >= 11 is 0. The van der Waals surface area contributed by atoms with E-state index < -0.39 is 0 Å². The van der Waals surface area contributed by atoms with E-state index in [-0.39, 0.29) is 0 Å². The molecule has 0 saturated carbocycles. The molecule has 0 aliphatic rings. The first-order valence-electron chi connectivity index (χ1n) is 15.6. The molecular formula is C42H26N4. The minimum Gasteiger partial charge on any atom is -0.309 e. The Labute approximate surface area is 264 Å². The van der Waals surface area contributed by atoms with E-state index >= 15 is 0 Å². The zero-order chi connectivity index (χ0) is 30.2. The third-order valence-corrected chi connectivity index (χ3v) is 9.26. The van der Waals surface area contributed by atoms with Crippen molar-refractivity contribution in [1.29, 1.82) is 0 Å². The molecule has 0 spiro atoms. The Bertz CT molecular complexity index is 2810. The lowest BCUT2D eigenvalue weighted by atomic mass is 10.1. The average Bonchev–Trinajstić information content (AvgIpc) is 3.62. The fraction of sp³-hybridized carbons (Fsp3) is 0. The second kappa shape index (κ2) is 9.62. The van der Waals surface area contributed by atoms with E-state index in [9.17, 15) is 0 Å². The van der Waals surface area contributed by atoms with Gasteiger partial charge in [-0.15, -0.1) is 0 Å². The van der Waals surface area contributed by atoms with Crippen molar-refractivity contribution in [3.8, 4) is 22.8 Å². The van der Waals surface area contributed by atoms with Crippen LogP contribution in [0.25, 0.3) is 88.2 Å². The molecule has 4 nitrogen and oxygen atoms in total.